The Bertz CT molecular complexity index is 495. The summed E-state index contributed by atoms with van der Waals surface area (Å²) in [5, 5.41) is 13.9. The van der Waals surface area contributed by atoms with Crippen molar-refractivity contribution < 1.29 is 9.59 Å². The molecule has 0 aromatic carbocycles. The minimum absolute atomic E-state index is 0.0207. The van der Waals surface area contributed by atoms with E-state index in [1.807, 2.05) is 6.92 Å². The van der Waals surface area contributed by atoms with Crippen LogP contribution in [-0.4, -0.2) is 64.9 Å². The summed E-state index contributed by atoms with van der Waals surface area (Å²) in [4.78, 5) is 25.0. The molecule has 0 atom stereocenters. The number of nitrogens with one attached hydrogen (secondary N) is 2. The average molecular weight is 294 g/mol. The largest absolute Gasteiger partial charge is 0.355 e. The first-order valence-corrected chi connectivity index (χ1v) is 7.26. The fourth-order valence-corrected chi connectivity index (χ4v) is 2.36. The molecule has 1 aromatic heterocycles. The first-order valence-electron chi connectivity index (χ1n) is 7.26. The standard InChI is InChI=1S/C13H22N6O2/c1-3-15-12(20)9-18(2)13(21)11-8-19(17-16-11)10-4-6-14-7-5-10/h8,10,14H,3-7,9H2,1-2H3,(H,15,20). The SMILES string of the molecule is CCNC(=O)CN(C)C(=O)c1cn(C2CCNCC2)nn1. The number of hydrogen-bond donors (Lipinski definition) is 2. The highest BCUT2D eigenvalue weighted by atomic mass is 16.2. The molecule has 2 N–H and O–H groups in total. The second-order valence-electron chi connectivity index (χ2n) is 5.18. The molecular formula is C13H22N6O2. The monoisotopic (exact) mass is 294 g/mol. The smallest absolute Gasteiger partial charge is 0.276 e. The predicted octanol–water partition coefficient (Wildman–Crippen LogP) is -0.589. The Kier molecular flexibility index (Phi) is 5.26. The van der Waals surface area contributed by atoms with Crippen molar-refractivity contribution in [3.05, 3.63) is 11.9 Å². The van der Waals surface area contributed by atoms with Gasteiger partial charge in [-0.05, 0) is 32.9 Å². The molecule has 2 heterocycles. The maximum atomic E-state index is 12.2. The summed E-state index contributed by atoms with van der Waals surface area (Å²) < 4.78 is 1.76. The topological polar surface area (TPSA) is 92.2 Å². The van der Waals surface area contributed by atoms with E-state index in [0.29, 0.717) is 6.54 Å². The van der Waals surface area contributed by atoms with Gasteiger partial charge in [0.2, 0.25) is 5.91 Å². The number of rotatable bonds is 5. The lowest BCUT2D eigenvalue weighted by Crippen LogP contribution is -2.38. The fourth-order valence-electron chi connectivity index (χ4n) is 2.36. The van der Waals surface area contributed by atoms with Gasteiger partial charge in [0.25, 0.3) is 5.91 Å². The van der Waals surface area contributed by atoms with Crippen LogP contribution >= 0.6 is 0 Å². The van der Waals surface area contributed by atoms with Crippen molar-refractivity contribution >= 4 is 11.8 Å². The second-order valence-corrected chi connectivity index (χ2v) is 5.18. The Morgan fingerprint density at radius 3 is 2.86 bits per heavy atom. The third kappa shape index (κ3) is 4.01. The summed E-state index contributed by atoms with van der Waals surface area (Å²) in [6.07, 6.45) is 3.63. The minimum Gasteiger partial charge on any atom is -0.355 e. The summed E-state index contributed by atoms with van der Waals surface area (Å²) in [5.41, 5.74) is 0.278. The molecule has 0 saturated carbocycles. The maximum Gasteiger partial charge on any atom is 0.276 e. The van der Waals surface area contributed by atoms with Crippen molar-refractivity contribution in [2.24, 2.45) is 0 Å². The van der Waals surface area contributed by atoms with Gasteiger partial charge in [-0.3, -0.25) is 9.59 Å². The van der Waals surface area contributed by atoms with Crippen LogP contribution in [0.25, 0.3) is 0 Å². The van der Waals surface area contributed by atoms with Crippen molar-refractivity contribution in [2.45, 2.75) is 25.8 Å². The molecule has 1 aromatic rings. The fraction of sp³-hybridized carbons (Fsp3) is 0.692. The lowest BCUT2D eigenvalue weighted by Gasteiger charge is -2.22. The number of hydrogen-bond acceptors (Lipinski definition) is 5. The zero-order valence-corrected chi connectivity index (χ0v) is 12.5. The Morgan fingerprint density at radius 1 is 1.48 bits per heavy atom. The number of likely N-dealkylation sites (N-methyl/N-ethyl adjacent to an activating group) is 2. The zero-order chi connectivity index (χ0) is 15.2. The molecule has 0 unspecified atom stereocenters. The molecule has 8 heteroatoms. The van der Waals surface area contributed by atoms with Gasteiger partial charge in [0.05, 0.1) is 18.8 Å². The number of amides is 2. The van der Waals surface area contributed by atoms with Crippen LogP contribution in [0.3, 0.4) is 0 Å². The highest BCUT2D eigenvalue weighted by Crippen LogP contribution is 2.17. The van der Waals surface area contributed by atoms with Crippen molar-refractivity contribution in [1.82, 2.24) is 30.5 Å². The third-order valence-electron chi connectivity index (χ3n) is 3.51. The first kappa shape index (κ1) is 15.4. The number of nitrogens with zero attached hydrogens (tertiary/aromatic N) is 4. The Balaban J connectivity index is 1.96. The van der Waals surface area contributed by atoms with Gasteiger partial charge >= 0.3 is 0 Å². The van der Waals surface area contributed by atoms with E-state index < -0.39 is 0 Å². The quantitative estimate of drug-likeness (QED) is 0.757. The van der Waals surface area contributed by atoms with Gasteiger partial charge in [-0.15, -0.1) is 5.10 Å². The van der Waals surface area contributed by atoms with Crippen molar-refractivity contribution in [2.75, 3.05) is 33.2 Å². The van der Waals surface area contributed by atoms with Crippen LogP contribution in [0, 0.1) is 0 Å². The van der Waals surface area contributed by atoms with E-state index in [2.05, 4.69) is 20.9 Å². The molecule has 0 aliphatic carbocycles. The number of piperidine rings is 1. The van der Waals surface area contributed by atoms with Crippen LogP contribution in [0.5, 0.6) is 0 Å². The van der Waals surface area contributed by atoms with E-state index in [1.54, 1.807) is 17.9 Å². The first-order chi connectivity index (χ1) is 10.1. The molecule has 1 aliphatic rings. The molecule has 8 nitrogen and oxygen atoms in total. The molecule has 116 valence electrons. The Morgan fingerprint density at radius 2 is 2.19 bits per heavy atom. The molecule has 21 heavy (non-hydrogen) atoms. The van der Waals surface area contributed by atoms with Crippen LogP contribution in [0.2, 0.25) is 0 Å². The van der Waals surface area contributed by atoms with Crippen LogP contribution < -0.4 is 10.6 Å². The van der Waals surface area contributed by atoms with Gasteiger partial charge in [-0.1, -0.05) is 5.21 Å². The van der Waals surface area contributed by atoms with Gasteiger partial charge in [0.15, 0.2) is 5.69 Å². The normalized spacial score (nSPS) is 15.7. The molecular weight excluding hydrogens is 272 g/mol. The highest BCUT2D eigenvalue weighted by Gasteiger charge is 2.21. The molecule has 0 spiro atoms. The number of aromatic nitrogens is 3. The van der Waals surface area contributed by atoms with Crippen LogP contribution in [-0.2, 0) is 4.79 Å². The van der Waals surface area contributed by atoms with Crippen LogP contribution in [0.15, 0.2) is 6.20 Å². The lowest BCUT2D eigenvalue weighted by molar-refractivity contribution is -0.121. The van der Waals surface area contributed by atoms with Gasteiger partial charge in [-0.2, -0.15) is 0 Å². The van der Waals surface area contributed by atoms with Crippen LogP contribution in [0.4, 0.5) is 0 Å². The number of carbonyl (C=O) groups excluding carboxylic acids is 2. The molecule has 1 fully saturated rings. The van der Waals surface area contributed by atoms with E-state index in [0.717, 1.165) is 25.9 Å². The summed E-state index contributed by atoms with van der Waals surface area (Å²) >= 11 is 0. The summed E-state index contributed by atoms with van der Waals surface area (Å²) in [7, 11) is 1.58. The average Bonchev–Trinajstić information content (AvgIpc) is 2.97. The van der Waals surface area contributed by atoms with E-state index in [4.69, 9.17) is 0 Å². The van der Waals surface area contributed by atoms with Gasteiger partial charge in [0, 0.05) is 13.6 Å². The molecule has 2 amide bonds. The molecule has 0 bridgehead atoms. The summed E-state index contributed by atoms with van der Waals surface area (Å²) in [5.74, 6) is -0.472. The second kappa shape index (κ2) is 7.16. The Labute approximate surface area is 123 Å². The van der Waals surface area contributed by atoms with Gasteiger partial charge in [-0.25, -0.2) is 4.68 Å². The van der Waals surface area contributed by atoms with Crippen LogP contribution in [0.1, 0.15) is 36.3 Å². The van der Waals surface area contributed by atoms with Crippen molar-refractivity contribution in [3.8, 4) is 0 Å². The predicted molar refractivity (Wildman–Crippen MR) is 76.8 cm³/mol. The number of carbonyl (C=O) groups is 2. The molecule has 0 radical (unpaired) electrons. The molecule has 1 saturated heterocycles. The van der Waals surface area contributed by atoms with Crippen molar-refractivity contribution in [1.29, 1.82) is 0 Å². The van der Waals surface area contributed by atoms with Crippen molar-refractivity contribution in [3.63, 3.8) is 0 Å². The molecule has 1 aliphatic heterocycles. The van der Waals surface area contributed by atoms with E-state index in [9.17, 15) is 9.59 Å². The summed E-state index contributed by atoms with van der Waals surface area (Å²) in [6, 6.07) is 0.286. The minimum atomic E-state index is -0.290. The Hall–Kier alpha value is -1.96. The summed E-state index contributed by atoms with van der Waals surface area (Å²) in [6.45, 7) is 4.31. The lowest BCUT2D eigenvalue weighted by atomic mass is 10.1. The van der Waals surface area contributed by atoms with Gasteiger partial charge < -0.3 is 15.5 Å². The van der Waals surface area contributed by atoms with E-state index >= 15 is 0 Å². The van der Waals surface area contributed by atoms with E-state index in [-0.39, 0.29) is 30.1 Å². The zero-order valence-electron chi connectivity index (χ0n) is 12.5. The maximum absolute atomic E-state index is 12.2. The highest BCUT2D eigenvalue weighted by molar-refractivity contribution is 5.94. The molecule has 2 rings (SSSR count). The van der Waals surface area contributed by atoms with Gasteiger partial charge in [0.1, 0.15) is 0 Å². The third-order valence-corrected chi connectivity index (χ3v) is 3.51. The van der Waals surface area contributed by atoms with E-state index in [1.165, 1.54) is 4.90 Å².